The molecule has 3 aliphatic rings. The van der Waals surface area contributed by atoms with Crippen molar-refractivity contribution in [3.63, 3.8) is 0 Å². The first-order chi connectivity index (χ1) is 20.6. The van der Waals surface area contributed by atoms with Crippen LogP contribution in [0.5, 0.6) is 5.75 Å². The number of anilines is 1. The molecule has 2 heterocycles. The van der Waals surface area contributed by atoms with Gasteiger partial charge in [-0.15, -0.1) is 0 Å². The second kappa shape index (κ2) is 15.3. The molecule has 1 aromatic rings. The smallest absolute Gasteiger partial charge is 0.304 e. The normalized spacial score (nSPS) is 28.6. The molecule has 1 N–H and O–H groups in total. The van der Waals surface area contributed by atoms with Crippen LogP contribution in [0, 0.1) is 11.7 Å². The third kappa shape index (κ3) is 8.70. The van der Waals surface area contributed by atoms with Gasteiger partial charge in [-0.25, -0.2) is 8.78 Å². The van der Waals surface area contributed by atoms with Crippen LogP contribution in [0.3, 0.4) is 0 Å². The Morgan fingerprint density at radius 3 is 2.67 bits per heavy atom. The van der Waals surface area contributed by atoms with Crippen LogP contribution in [0.1, 0.15) is 65.7 Å². The summed E-state index contributed by atoms with van der Waals surface area (Å²) in [7, 11) is 1.66. The molecule has 8 nitrogen and oxygen atoms in total. The zero-order valence-corrected chi connectivity index (χ0v) is 26.0. The fourth-order valence-electron chi connectivity index (χ4n) is 6.60. The predicted molar refractivity (Wildman–Crippen MR) is 162 cm³/mol. The van der Waals surface area contributed by atoms with Gasteiger partial charge in [0.15, 0.2) is 11.6 Å². The van der Waals surface area contributed by atoms with Crippen molar-refractivity contribution in [3.8, 4) is 5.75 Å². The van der Waals surface area contributed by atoms with Gasteiger partial charge in [0.2, 0.25) is 0 Å². The summed E-state index contributed by atoms with van der Waals surface area (Å²) in [5, 5.41) is 9.65. The largest absolute Gasteiger partial charge is 0.494 e. The number of nitrogens with zero attached hydrogens (tertiary/aromatic N) is 2. The standard InChI is InChI=1S/C33H48F2N2O6/c1-5-41-25-10-11-27(34)29(19-25)36-15-13-30(23(2)21-36)43-31-12-14-33(3,20-28(31)35)37-22-26(42-17-7-16-40-4)9-6-8-24(37)18-32(38)39/h10-12,19-20,23-24,26,30H,5-9,13-18,21-22H2,1-4H3,(H,38,39)/t23?,24-,26-,30?,33?/m1/s1. The molecule has 0 saturated carbocycles. The number of carbonyl (C=O) groups is 1. The molecule has 0 radical (unpaired) electrons. The van der Waals surface area contributed by atoms with Crippen molar-refractivity contribution >= 4 is 11.7 Å². The number of likely N-dealkylation sites (tertiary alicyclic amines) is 1. The molecule has 0 aromatic heterocycles. The van der Waals surface area contributed by atoms with Gasteiger partial charge in [0.05, 0.1) is 24.8 Å². The molecule has 3 unspecified atom stereocenters. The van der Waals surface area contributed by atoms with E-state index in [2.05, 4.69) is 4.90 Å². The second-order valence-electron chi connectivity index (χ2n) is 12.2. The number of hydrogen-bond acceptors (Lipinski definition) is 7. The highest BCUT2D eigenvalue weighted by atomic mass is 19.1. The maximum absolute atomic E-state index is 15.8. The van der Waals surface area contributed by atoms with Crippen molar-refractivity contribution < 1.29 is 37.6 Å². The molecule has 1 aliphatic carbocycles. The number of benzene rings is 1. The number of allylic oxidation sites excluding steroid dienone is 1. The zero-order chi connectivity index (χ0) is 31.0. The Morgan fingerprint density at radius 2 is 1.98 bits per heavy atom. The minimum absolute atomic E-state index is 0.00131. The van der Waals surface area contributed by atoms with E-state index in [0.29, 0.717) is 70.2 Å². The highest BCUT2D eigenvalue weighted by molar-refractivity contribution is 5.67. The first kappa shape index (κ1) is 33.2. The van der Waals surface area contributed by atoms with Crippen LogP contribution < -0.4 is 9.64 Å². The number of carboxylic acids is 1. The lowest BCUT2D eigenvalue weighted by Gasteiger charge is -2.45. The van der Waals surface area contributed by atoms with E-state index in [4.69, 9.17) is 18.9 Å². The summed E-state index contributed by atoms with van der Waals surface area (Å²) < 4.78 is 53.5. The number of hydrogen-bond donors (Lipinski definition) is 1. The fourth-order valence-corrected chi connectivity index (χ4v) is 6.60. The Bertz CT molecular complexity index is 1150. The molecule has 240 valence electrons. The summed E-state index contributed by atoms with van der Waals surface area (Å²) in [5.74, 6) is -0.698. The van der Waals surface area contributed by atoms with Crippen LogP contribution >= 0.6 is 0 Å². The van der Waals surface area contributed by atoms with Crippen LogP contribution in [0.4, 0.5) is 14.5 Å². The van der Waals surface area contributed by atoms with Crippen molar-refractivity contribution in [1.82, 2.24) is 4.90 Å². The summed E-state index contributed by atoms with van der Waals surface area (Å²) in [6.45, 7) is 9.27. The number of ether oxygens (including phenoxy) is 4. The Labute approximate surface area is 254 Å². The lowest BCUT2D eigenvalue weighted by molar-refractivity contribution is -0.139. The highest BCUT2D eigenvalue weighted by Crippen LogP contribution is 2.39. The van der Waals surface area contributed by atoms with Crippen LogP contribution in [-0.4, -0.2) is 86.3 Å². The molecule has 43 heavy (non-hydrogen) atoms. The summed E-state index contributed by atoms with van der Waals surface area (Å²) in [4.78, 5) is 15.9. The van der Waals surface area contributed by atoms with Gasteiger partial charge in [0, 0.05) is 69.9 Å². The average Bonchev–Trinajstić information content (AvgIpc) is 3.17. The minimum atomic E-state index is -0.859. The van der Waals surface area contributed by atoms with Gasteiger partial charge in [-0.1, -0.05) is 6.92 Å². The number of carboxylic acid groups (broad SMARTS) is 1. The summed E-state index contributed by atoms with van der Waals surface area (Å²) in [6, 6.07) is 4.57. The lowest BCUT2D eigenvalue weighted by Crippen LogP contribution is -2.54. The van der Waals surface area contributed by atoms with Gasteiger partial charge in [-0.05, 0) is 70.2 Å². The molecule has 0 amide bonds. The Morgan fingerprint density at radius 1 is 1.16 bits per heavy atom. The van der Waals surface area contributed by atoms with Crippen molar-refractivity contribution in [2.75, 3.05) is 51.5 Å². The molecule has 2 aliphatic heterocycles. The number of methoxy groups -OCH3 is 1. The van der Waals surface area contributed by atoms with Gasteiger partial charge in [0.25, 0.3) is 0 Å². The average molecular weight is 607 g/mol. The molecule has 5 atom stereocenters. The molecular weight excluding hydrogens is 558 g/mol. The van der Waals surface area contributed by atoms with Gasteiger partial charge in [-0.3, -0.25) is 9.69 Å². The maximum atomic E-state index is 15.8. The van der Waals surface area contributed by atoms with E-state index in [0.717, 1.165) is 19.3 Å². The molecule has 2 fully saturated rings. The van der Waals surface area contributed by atoms with Gasteiger partial charge >= 0.3 is 5.97 Å². The topological polar surface area (TPSA) is 80.7 Å². The Hall–Kier alpha value is -2.69. The highest BCUT2D eigenvalue weighted by Gasteiger charge is 2.41. The summed E-state index contributed by atoms with van der Waals surface area (Å²) in [5.41, 5.74) is -0.211. The lowest BCUT2D eigenvalue weighted by atomic mass is 9.87. The van der Waals surface area contributed by atoms with E-state index < -0.39 is 17.3 Å². The summed E-state index contributed by atoms with van der Waals surface area (Å²) in [6.07, 6.45) is 7.42. The van der Waals surface area contributed by atoms with E-state index in [1.807, 2.05) is 25.7 Å². The third-order valence-electron chi connectivity index (χ3n) is 8.87. The molecule has 2 saturated heterocycles. The number of halogens is 2. The van der Waals surface area contributed by atoms with E-state index in [1.165, 1.54) is 6.07 Å². The van der Waals surface area contributed by atoms with Crippen molar-refractivity contribution in [1.29, 1.82) is 0 Å². The first-order valence-electron chi connectivity index (χ1n) is 15.7. The van der Waals surface area contributed by atoms with E-state index >= 15 is 4.39 Å². The first-order valence-corrected chi connectivity index (χ1v) is 15.7. The number of aliphatic carboxylic acids is 1. The fraction of sp³-hybridized carbons (Fsp3) is 0.667. The minimum Gasteiger partial charge on any atom is -0.494 e. The van der Waals surface area contributed by atoms with Gasteiger partial charge < -0.3 is 29.0 Å². The van der Waals surface area contributed by atoms with E-state index in [-0.39, 0.29) is 42.2 Å². The van der Waals surface area contributed by atoms with Crippen LogP contribution in [-0.2, 0) is 19.0 Å². The Balaban J connectivity index is 1.42. The predicted octanol–water partition coefficient (Wildman–Crippen LogP) is 6.11. The monoisotopic (exact) mass is 606 g/mol. The maximum Gasteiger partial charge on any atom is 0.304 e. The van der Waals surface area contributed by atoms with Crippen molar-refractivity contribution in [2.45, 2.75) is 89.5 Å². The zero-order valence-electron chi connectivity index (χ0n) is 26.0. The molecule has 0 spiro atoms. The van der Waals surface area contributed by atoms with Crippen molar-refractivity contribution in [3.05, 3.63) is 47.8 Å². The van der Waals surface area contributed by atoms with Gasteiger partial charge in [0.1, 0.15) is 17.7 Å². The molecular formula is C33H48F2N2O6. The Kier molecular flexibility index (Phi) is 11.9. The quantitative estimate of drug-likeness (QED) is 0.270. The van der Waals surface area contributed by atoms with E-state index in [9.17, 15) is 14.3 Å². The second-order valence-corrected chi connectivity index (χ2v) is 12.2. The molecule has 1 aromatic carbocycles. The third-order valence-corrected chi connectivity index (χ3v) is 8.87. The summed E-state index contributed by atoms with van der Waals surface area (Å²) >= 11 is 0. The van der Waals surface area contributed by atoms with Crippen LogP contribution in [0.15, 0.2) is 41.9 Å². The number of rotatable bonds is 13. The van der Waals surface area contributed by atoms with Crippen LogP contribution in [0.25, 0.3) is 0 Å². The van der Waals surface area contributed by atoms with Gasteiger partial charge in [-0.2, -0.15) is 0 Å². The molecule has 0 bridgehead atoms. The van der Waals surface area contributed by atoms with Crippen LogP contribution in [0.2, 0.25) is 0 Å². The SMILES string of the molecule is CCOc1ccc(F)c(N2CCC(OC3=CCC(C)(N4C[C@H](OCCCOC)CCC[C@@H]4CC(=O)O)C=C3F)C(C)C2)c1. The molecule has 10 heteroatoms. The molecule has 4 rings (SSSR count). The van der Waals surface area contributed by atoms with E-state index in [1.54, 1.807) is 31.4 Å². The van der Waals surface area contributed by atoms with Crippen molar-refractivity contribution in [2.24, 2.45) is 5.92 Å². The number of piperidine rings is 1.